The van der Waals surface area contributed by atoms with Crippen LogP contribution in [0.3, 0.4) is 0 Å². The van der Waals surface area contributed by atoms with Crippen LogP contribution in [0.15, 0.2) is 40.9 Å². The molecule has 24 heavy (non-hydrogen) atoms. The highest BCUT2D eigenvalue weighted by Gasteiger charge is 2.25. The van der Waals surface area contributed by atoms with Crippen LogP contribution in [0.2, 0.25) is 0 Å². The Morgan fingerprint density at radius 1 is 1.38 bits per heavy atom. The Bertz CT molecular complexity index is 694. The maximum absolute atomic E-state index is 10.9. The average Bonchev–Trinajstić information content (AvgIpc) is 3.09. The Morgan fingerprint density at radius 3 is 2.83 bits per heavy atom. The van der Waals surface area contributed by atoms with Crippen LogP contribution in [0.25, 0.3) is 0 Å². The number of likely N-dealkylation sites (tertiary alicyclic amines) is 1. The van der Waals surface area contributed by atoms with Crippen molar-refractivity contribution >= 4 is 23.6 Å². The number of hydrogen-bond donors (Lipinski definition) is 1. The summed E-state index contributed by atoms with van der Waals surface area (Å²) < 4.78 is 0. The van der Waals surface area contributed by atoms with E-state index in [0.717, 1.165) is 29.1 Å². The molecule has 1 aromatic heterocycles. The summed E-state index contributed by atoms with van der Waals surface area (Å²) in [5, 5.41) is 15.9. The zero-order chi connectivity index (χ0) is 16.8. The highest BCUT2D eigenvalue weighted by atomic mass is 32.1. The molecule has 1 amide bonds. The van der Waals surface area contributed by atoms with Crippen molar-refractivity contribution in [1.82, 2.24) is 9.88 Å². The Hall–Kier alpha value is -2.41. The number of carboxylic acid groups (broad SMARTS) is 1. The Kier molecular flexibility index (Phi) is 5.43. The largest absolute Gasteiger partial charge is 0.465 e. The van der Waals surface area contributed by atoms with Crippen LogP contribution in [0.4, 0.5) is 4.79 Å². The first-order valence-electron chi connectivity index (χ1n) is 7.85. The van der Waals surface area contributed by atoms with Crippen molar-refractivity contribution in [2.75, 3.05) is 13.1 Å². The molecular weight excluding hydrogens is 326 g/mol. The van der Waals surface area contributed by atoms with Gasteiger partial charge in [-0.15, -0.1) is 11.3 Å². The van der Waals surface area contributed by atoms with Gasteiger partial charge in [0.15, 0.2) is 0 Å². The van der Waals surface area contributed by atoms with Gasteiger partial charge < -0.3 is 14.8 Å². The van der Waals surface area contributed by atoms with Crippen LogP contribution in [-0.4, -0.2) is 40.4 Å². The molecule has 1 N–H and O–H groups in total. The second-order valence-electron chi connectivity index (χ2n) is 5.65. The zero-order valence-corrected chi connectivity index (χ0v) is 14.0. The highest BCUT2D eigenvalue weighted by Crippen LogP contribution is 2.30. The third-order valence-corrected chi connectivity index (χ3v) is 5.01. The van der Waals surface area contributed by atoms with Crippen molar-refractivity contribution in [3.8, 4) is 0 Å². The topological polar surface area (TPSA) is 75.0 Å². The number of hydrogen-bond acceptors (Lipinski definition) is 5. The van der Waals surface area contributed by atoms with Crippen molar-refractivity contribution in [3.63, 3.8) is 0 Å². The number of nitrogens with zero attached hydrogens (tertiary/aromatic N) is 3. The van der Waals surface area contributed by atoms with E-state index < -0.39 is 6.09 Å². The molecule has 1 aliphatic heterocycles. The maximum atomic E-state index is 10.9. The van der Waals surface area contributed by atoms with Crippen LogP contribution in [0, 0.1) is 0 Å². The van der Waals surface area contributed by atoms with E-state index >= 15 is 0 Å². The maximum Gasteiger partial charge on any atom is 0.407 e. The number of thiazole rings is 1. The molecule has 2 heterocycles. The first kappa shape index (κ1) is 16.4. The monoisotopic (exact) mass is 345 g/mol. The van der Waals surface area contributed by atoms with E-state index in [2.05, 4.69) is 10.1 Å². The fraction of sp³-hybridized carbons (Fsp3) is 0.353. The number of amides is 1. The highest BCUT2D eigenvalue weighted by molar-refractivity contribution is 7.09. The molecule has 0 bridgehead atoms. The fourth-order valence-corrected chi connectivity index (χ4v) is 3.58. The molecule has 1 aromatic carbocycles. The van der Waals surface area contributed by atoms with Crippen LogP contribution >= 0.6 is 11.3 Å². The molecule has 0 radical (unpaired) electrons. The summed E-state index contributed by atoms with van der Waals surface area (Å²) in [4.78, 5) is 22.2. The number of piperidine rings is 1. The smallest absolute Gasteiger partial charge is 0.407 e. The van der Waals surface area contributed by atoms with E-state index in [9.17, 15) is 4.79 Å². The molecule has 1 aliphatic rings. The first-order valence-corrected chi connectivity index (χ1v) is 8.73. The Morgan fingerprint density at radius 2 is 2.12 bits per heavy atom. The molecule has 0 spiro atoms. The lowest BCUT2D eigenvalue weighted by Crippen LogP contribution is -2.36. The van der Waals surface area contributed by atoms with Gasteiger partial charge in [-0.1, -0.05) is 35.5 Å². The summed E-state index contributed by atoms with van der Waals surface area (Å²) in [6, 6.07) is 9.86. The van der Waals surface area contributed by atoms with Gasteiger partial charge in [0.1, 0.15) is 6.61 Å². The first-order chi connectivity index (χ1) is 11.7. The van der Waals surface area contributed by atoms with Crippen molar-refractivity contribution in [3.05, 3.63) is 52.0 Å². The van der Waals surface area contributed by atoms with E-state index in [-0.39, 0.29) is 0 Å². The third-order valence-electron chi connectivity index (χ3n) is 3.99. The molecule has 1 fully saturated rings. The van der Waals surface area contributed by atoms with Gasteiger partial charge >= 0.3 is 6.09 Å². The Balaban J connectivity index is 1.49. The summed E-state index contributed by atoms with van der Waals surface area (Å²) in [6.07, 6.45) is 2.42. The van der Waals surface area contributed by atoms with E-state index in [1.54, 1.807) is 17.6 Å². The lowest BCUT2D eigenvalue weighted by Gasteiger charge is -2.28. The van der Waals surface area contributed by atoms with Crippen molar-refractivity contribution in [1.29, 1.82) is 0 Å². The number of benzene rings is 1. The van der Waals surface area contributed by atoms with Gasteiger partial charge in [0.25, 0.3) is 0 Å². The predicted molar refractivity (Wildman–Crippen MR) is 92.5 cm³/mol. The normalized spacial score (nSPS) is 15.8. The second kappa shape index (κ2) is 7.92. The lowest BCUT2D eigenvalue weighted by atomic mass is 9.98. The van der Waals surface area contributed by atoms with E-state index in [0.29, 0.717) is 25.6 Å². The van der Waals surface area contributed by atoms with Crippen molar-refractivity contribution < 1.29 is 14.7 Å². The second-order valence-corrected chi connectivity index (χ2v) is 6.54. The zero-order valence-electron chi connectivity index (χ0n) is 13.2. The molecule has 0 atom stereocenters. The third kappa shape index (κ3) is 4.32. The molecule has 0 saturated carbocycles. The molecule has 0 aliphatic carbocycles. The summed E-state index contributed by atoms with van der Waals surface area (Å²) in [6.45, 7) is 1.58. The summed E-state index contributed by atoms with van der Waals surface area (Å²) >= 11 is 1.60. The molecule has 1 saturated heterocycles. The van der Waals surface area contributed by atoms with Gasteiger partial charge in [-0.3, -0.25) is 0 Å². The Labute approximate surface area is 144 Å². The van der Waals surface area contributed by atoms with Gasteiger partial charge in [0.2, 0.25) is 0 Å². The molecule has 126 valence electrons. The quantitative estimate of drug-likeness (QED) is 0.664. The minimum Gasteiger partial charge on any atom is -0.465 e. The number of carbonyl (C=O) groups is 1. The predicted octanol–water partition coefficient (Wildman–Crippen LogP) is 3.55. The molecule has 2 aromatic rings. The van der Waals surface area contributed by atoms with Gasteiger partial charge in [0, 0.05) is 24.4 Å². The molecular formula is C17H19N3O3S. The average molecular weight is 345 g/mol. The van der Waals surface area contributed by atoms with Crippen LogP contribution in [0.1, 0.15) is 35.0 Å². The van der Waals surface area contributed by atoms with Gasteiger partial charge in [-0.2, -0.15) is 0 Å². The molecule has 6 nitrogen and oxygen atoms in total. The van der Waals surface area contributed by atoms with Gasteiger partial charge in [-0.05, 0) is 18.4 Å². The number of aromatic nitrogens is 1. The van der Waals surface area contributed by atoms with Crippen molar-refractivity contribution in [2.45, 2.75) is 25.4 Å². The van der Waals surface area contributed by atoms with E-state index in [1.807, 2.05) is 35.7 Å². The fourth-order valence-electron chi connectivity index (χ4n) is 2.64. The minimum absolute atomic E-state index is 0.331. The minimum atomic E-state index is -0.837. The van der Waals surface area contributed by atoms with Crippen LogP contribution < -0.4 is 0 Å². The number of oxime groups is 1. The summed E-state index contributed by atoms with van der Waals surface area (Å²) in [5.41, 5.74) is 1.85. The lowest BCUT2D eigenvalue weighted by molar-refractivity contribution is 0.131. The summed E-state index contributed by atoms with van der Waals surface area (Å²) in [7, 11) is 0. The SMILES string of the molecule is O=C(O)N1CCC(c2nc(/C=N/OCc3ccccc3)cs2)CC1. The van der Waals surface area contributed by atoms with Crippen LogP contribution in [0.5, 0.6) is 0 Å². The van der Waals surface area contributed by atoms with E-state index in [1.165, 1.54) is 4.90 Å². The van der Waals surface area contributed by atoms with Gasteiger partial charge in [0.05, 0.1) is 16.9 Å². The van der Waals surface area contributed by atoms with E-state index in [4.69, 9.17) is 9.94 Å². The molecule has 0 unspecified atom stereocenters. The van der Waals surface area contributed by atoms with Crippen molar-refractivity contribution in [2.24, 2.45) is 5.16 Å². The number of rotatable bonds is 5. The summed E-state index contributed by atoms with van der Waals surface area (Å²) in [5.74, 6) is 0.331. The molecule has 7 heteroatoms. The van der Waals surface area contributed by atoms with Crippen LogP contribution in [-0.2, 0) is 11.4 Å². The van der Waals surface area contributed by atoms with Gasteiger partial charge in [-0.25, -0.2) is 9.78 Å². The molecule has 3 rings (SSSR count). The standard InChI is InChI=1S/C17H19N3O3S/c21-17(22)20-8-6-14(7-9-20)16-19-15(12-24-16)10-18-23-11-13-4-2-1-3-5-13/h1-5,10,12,14H,6-9,11H2,(H,21,22)/b18-10+.